The van der Waals surface area contributed by atoms with E-state index in [9.17, 15) is 14.0 Å². The first-order chi connectivity index (χ1) is 19.7. The van der Waals surface area contributed by atoms with Gasteiger partial charge in [0, 0.05) is 49.9 Å². The quantitative estimate of drug-likeness (QED) is 0.365. The van der Waals surface area contributed by atoms with E-state index in [-0.39, 0.29) is 18.2 Å². The Morgan fingerprint density at radius 1 is 1.00 bits per heavy atom. The molecule has 0 bridgehead atoms. The van der Waals surface area contributed by atoms with Crippen LogP contribution in [0.1, 0.15) is 47.9 Å². The number of nitrogens with zero attached hydrogens (tertiary/aromatic N) is 4. The van der Waals surface area contributed by atoms with Crippen LogP contribution in [0.25, 0.3) is 11.3 Å². The Balaban J connectivity index is 1.42. The molecule has 0 radical (unpaired) electrons. The van der Waals surface area contributed by atoms with Crippen molar-refractivity contribution >= 4 is 17.4 Å². The zero-order valence-electron chi connectivity index (χ0n) is 24.3. The van der Waals surface area contributed by atoms with Crippen LogP contribution >= 0.6 is 0 Å². The number of halogens is 1. The van der Waals surface area contributed by atoms with E-state index >= 15 is 0 Å². The zero-order valence-corrected chi connectivity index (χ0v) is 24.3. The van der Waals surface area contributed by atoms with Crippen molar-refractivity contribution < 1.29 is 18.7 Å². The maximum Gasteiger partial charge on any atom is 0.350 e. The Morgan fingerprint density at radius 3 is 2.41 bits per heavy atom. The molecule has 1 aliphatic carbocycles. The summed E-state index contributed by atoms with van der Waals surface area (Å²) >= 11 is 0. The molecule has 6 rings (SSSR count). The summed E-state index contributed by atoms with van der Waals surface area (Å²) in [6.45, 7) is 8.51. The predicted octanol–water partition coefficient (Wildman–Crippen LogP) is 5.04. The molecule has 41 heavy (non-hydrogen) atoms. The van der Waals surface area contributed by atoms with Crippen LogP contribution < -0.4 is 20.1 Å². The van der Waals surface area contributed by atoms with Crippen LogP contribution in [-0.4, -0.2) is 59.4 Å². The number of ether oxygens (including phenoxy) is 2. The molecule has 2 aromatic carbocycles. The monoisotopic (exact) mass is 560 g/mol. The molecule has 2 aliphatic heterocycles. The highest BCUT2D eigenvalue weighted by molar-refractivity contribution is 5.78. The van der Waals surface area contributed by atoms with Gasteiger partial charge in [0.2, 0.25) is 5.91 Å². The highest BCUT2D eigenvalue weighted by atomic mass is 19.1. The van der Waals surface area contributed by atoms with Crippen LogP contribution in [0, 0.1) is 20.8 Å². The summed E-state index contributed by atoms with van der Waals surface area (Å²) in [5, 5.41) is 0. The van der Waals surface area contributed by atoms with E-state index in [1.807, 2.05) is 23.1 Å². The molecule has 3 heterocycles. The Kier molecular flexibility index (Phi) is 6.99. The summed E-state index contributed by atoms with van der Waals surface area (Å²) in [7, 11) is 1.56. The average Bonchev–Trinajstić information content (AvgIpc) is 3.54. The lowest BCUT2D eigenvalue weighted by atomic mass is 9.96. The van der Waals surface area contributed by atoms with Crippen LogP contribution in [0.2, 0.25) is 0 Å². The van der Waals surface area contributed by atoms with E-state index in [0.717, 1.165) is 52.2 Å². The van der Waals surface area contributed by atoms with E-state index in [2.05, 4.69) is 42.8 Å². The number of rotatable bonds is 9. The molecular formula is C32H37FN4O4. The van der Waals surface area contributed by atoms with Crippen molar-refractivity contribution in [3.63, 3.8) is 0 Å². The Morgan fingerprint density at radius 2 is 1.76 bits per heavy atom. The first kappa shape index (κ1) is 27.3. The molecule has 9 heteroatoms. The Hall–Kier alpha value is -3.88. The van der Waals surface area contributed by atoms with Gasteiger partial charge in [-0.3, -0.25) is 9.36 Å². The molecule has 0 atom stereocenters. The molecule has 8 nitrogen and oxygen atoms in total. The van der Waals surface area contributed by atoms with Gasteiger partial charge in [-0.25, -0.2) is 9.18 Å². The van der Waals surface area contributed by atoms with Gasteiger partial charge >= 0.3 is 5.69 Å². The minimum Gasteiger partial charge on any atom is -0.493 e. The number of carbonyl (C=O) groups excluding carboxylic acids is 1. The van der Waals surface area contributed by atoms with Crippen molar-refractivity contribution in [3.05, 3.63) is 63.1 Å². The highest BCUT2D eigenvalue weighted by Crippen LogP contribution is 2.43. The second kappa shape index (κ2) is 10.5. The van der Waals surface area contributed by atoms with E-state index < -0.39 is 5.67 Å². The molecule has 216 valence electrons. The lowest BCUT2D eigenvalue weighted by Crippen LogP contribution is -2.36. The first-order valence-corrected chi connectivity index (χ1v) is 14.4. The lowest BCUT2D eigenvalue weighted by Gasteiger charge is -2.31. The topological polar surface area (TPSA) is 76.9 Å². The number of fused-ring (bicyclic) bond motifs is 3. The summed E-state index contributed by atoms with van der Waals surface area (Å²) < 4.78 is 27.5. The second-order valence-electron chi connectivity index (χ2n) is 11.7. The number of hydrogen-bond acceptors (Lipinski definition) is 6. The maximum atomic E-state index is 14.3. The van der Waals surface area contributed by atoms with Gasteiger partial charge in [-0.2, -0.15) is 4.98 Å². The number of alkyl halides is 1. The number of methoxy groups -OCH3 is 1. The van der Waals surface area contributed by atoms with Crippen molar-refractivity contribution in [2.45, 2.75) is 65.1 Å². The summed E-state index contributed by atoms with van der Waals surface area (Å²) in [4.78, 5) is 34.4. The average molecular weight is 561 g/mol. The summed E-state index contributed by atoms with van der Waals surface area (Å²) in [5.74, 6) is 1.73. The molecule has 1 saturated carbocycles. The lowest BCUT2D eigenvalue weighted by molar-refractivity contribution is -0.127. The minimum atomic E-state index is -1.24. The SMILES string of the molecule is COc1cc2c(cc1OCC1(F)CC1)CCn1c-2cc(N(CCN2CCCC2=O)c2c(C)cc(C)cc2C)nc1=O. The largest absolute Gasteiger partial charge is 0.493 e. The molecule has 0 unspecified atom stereocenters. The van der Waals surface area contributed by atoms with Crippen molar-refractivity contribution in [1.29, 1.82) is 0 Å². The normalized spacial score (nSPS) is 16.8. The summed E-state index contributed by atoms with van der Waals surface area (Å²) in [5.41, 5.74) is 5.40. The molecule has 3 aliphatic rings. The van der Waals surface area contributed by atoms with Crippen LogP contribution in [0.15, 0.2) is 35.1 Å². The predicted molar refractivity (Wildman–Crippen MR) is 156 cm³/mol. The molecule has 0 spiro atoms. The van der Waals surface area contributed by atoms with Crippen molar-refractivity contribution in [1.82, 2.24) is 14.5 Å². The molecule has 1 aromatic heterocycles. The number of carbonyl (C=O) groups is 1. The van der Waals surface area contributed by atoms with Crippen molar-refractivity contribution in [2.75, 3.05) is 38.3 Å². The maximum absolute atomic E-state index is 14.3. The van der Waals surface area contributed by atoms with Crippen molar-refractivity contribution in [2.24, 2.45) is 0 Å². The van der Waals surface area contributed by atoms with Gasteiger partial charge < -0.3 is 19.3 Å². The molecular weight excluding hydrogens is 523 g/mol. The fourth-order valence-electron chi connectivity index (χ4n) is 6.21. The fourth-order valence-corrected chi connectivity index (χ4v) is 6.21. The summed E-state index contributed by atoms with van der Waals surface area (Å²) in [6, 6.07) is 10.0. The number of amides is 1. The van der Waals surface area contributed by atoms with E-state index in [1.165, 1.54) is 0 Å². The second-order valence-corrected chi connectivity index (χ2v) is 11.7. The molecule has 3 aromatic rings. The number of likely N-dealkylation sites (tertiary alicyclic amines) is 1. The number of aromatic nitrogens is 2. The van der Waals surface area contributed by atoms with E-state index in [1.54, 1.807) is 11.7 Å². The number of benzene rings is 2. The van der Waals surface area contributed by atoms with Gasteiger partial charge in [0.1, 0.15) is 18.1 Å². The molecule has 0 N–H and O–H groups in total. The van der Waals surface area contributed by atoms with Crippen molar-refractivity contribution in [3.8, 4) is 22.8 Å². The molecule has 2 fully saturated rings. The van der Waals surface area contributed by atoms with Crippen LogP contribution in [0.4, 0.5) is 15.9 Å². The number of anilines is 2. The van der Waals surface area contributed by atoms with Crippen LogP contribution in [0.5, 0.6) is 11.5 Å². The van der Waals surface area contributed by atoms with Gasteiger partial charge in [-0.15, -0.1) is 0 Å². The third kappa shape index (κ3) is 5.29. The van der Waals surface area contributed by atoms with E-state index in [4.69, 9.17) is 9.47 Å². The third-order valence-electron chi connectivity index (χ3n) is 8.49. The smallest absolute Gasteiger partial charge is 0.350 e. The fraction of sp³-hybridized carbons (Fsp3) is 0.469. The summed E-state index contributed by atoms with van der Waals surface area (Å²) in [6.07, 6.45) is 3.12. The first-order valence-electron chi connectivity index (χ1n) is 14.4. The van der Waals surface area contributed by atoms with Gasteiger partial charge in [-0.1, -0.05) is 17.7 Å². The van der Waals surface area contributed by atoms with Crippen LogP contribution in [-0.2, 0) is 17.8 Å². The number of hydrogen-bond donors (Lipinski definition) is 0. The standard InChI is InChI=1S/C32H37FN4O4/c1-20-14-21(2)30(22(3)15-20)37(13-12-35-10-5-6-29(35)38)28-18-25-24-17-26(40-4)27(41-19-32(33)8-9-32)16-23(24)7-11-36(25)31(39)34-28/h14-18H,5-13,19H2,1-4H3. The van der Waals surface area contributed by atoms with Gasteiger partial charge in [-0.05, 0) is 75.3 Å². The molecule has 1 amide bonds. The highest BCUT2D eigenvalue weighted by Gasteiger charge is 2.44. The number of aryl methyl sites for hydroxylation is 4. The van der Waals surface area contributed by atoms with Crippen LogP contribution in [0.3, 0.4) is 0 Å². The van der Waals surface area contributed by atoms with Gasteiger partial charge in [0.15, 0.2) is 11.5 Å². The third-order valence-corrected chi connectivity index (χ3v) is 8.49. The minimum absolute atomic E-state index is 0.00991. The Bertz CT molecular complexity index is 1560. The Labute approximate surface area is 239 Å². The zero-order chi connectivity index (χ0) is 28.9. The molecule has 1 saturated heterocycles. The van der Waals surface area contributed by atoms with Gasteiger partial charge in [0.25, 0.3) is 0 Å². The van der Waals surface area contributed by atoms with Gasteiger partial charge in [0.05, 0.1) is 12.8 Å². The van der Waals surface area contributed by atoms with E-state index in [0.29, 0.717) is 62.6 Å².